The van der Waals surface area contributed by atoms with Gasteiger partial charge in [0.1, 0.15) is 0 Å². The van der Waals surface area contributed by atoms with E-state index in [1.54, 1.807) is 0 Å². The lowest BCUT2D eigenvalue weighted by Gasteiger charge is -2.23. The second-order valence-corrected chi connectivity index (χ2v) is 7.87. The third-order valence-corrected chi connectivity index (χ3v) is 5.94. The van der Waals surface area contributed by atoms with Crippen molar-refractivity contribution in [2.75, 3.05) is 0 Å². The molecule has 0 amide bonds. The smallest absolute Gasteiger partial charge is 0.318 e. The van der Waals surface area contributed by atoms with Gasteiger partial charge in [-0.15, -0.1) is 0 Å². The summed E-state index contributed by atoms with van der Waals surface area (Å²) in [5.41, 5.74) is 3.64. The van der Waals surface area contributed by atoms with Gasteiger partial charge in [0.2, 0.25) is 0 Å². The highest BCUT2D eigenvalue weighted by molar-refractivity contribution is 5.97. The molecule has 0 radical (unpaired) electrons. The predicted octanol–water partition coefficient (Wildman–Crippen LogP) is 3.36. The number of ether oxygens (including phenoxy) is 2. The molecule has 2 heterocycles. The van der Waals surface area contributed by atoms with Crippen LogP contribution in [0.3, 0.4) is 0 Å². The number of fused-ring (bicyclic) bond motifs is 2. The van der Waals surface area contributed by atoms with E-state index in [0.29, 0.717) is 19.3 Å². The molecule has 0 aromatic rings. The zero-order valence-electron chi connectivity index (χ0n) is 15.5. The highest BCUT2D eigenvalue weighted by Crippen LogP contribution is 2.40. The first kappa shape index (κ1) is 21.1. The third kappa shape index (κ3) is 3.89. The largest absolute Gasteiger partial charge is 0.393 e. The van der Waals surface area contributed by atoms with Crippen molar-refractivity contribution in [2.24, 2.45) is 29.6 Å². The lowest BCUT2D eigenvalue weighted by molar-refractivity contribution is -0.155. The van der Waals surface area contributed by atoms with Crippen molar-refractivity contribution >= 4 is 23.9 Å². The fourth-order valence-electron chi connectivity index (χ4n) is 4.35. The Kier molecular flexibility index (Phi) is 6.07. The molecule has 6 heteroatoms. The first-order valence-corrected chi connectivity index (χ1v) is 9.02. The fourth-order valence-corrected chi connectivity index (χ4v) is 4.35. The van der Waals surface area contributed by atoms with Crippen LogP contribution in [0.5, 0.6) is 0 Å². The van der Waals surface area contributed by atoms with E-state index < -0.39 is 0 Å². The van der Waals surface area contributed by atoms with E-state index in [9.17, 15) is 19.2 Å². The number of hydrogen-bond acceptors (Lipinski definition) is 6. The molecule has 5 unspecified atom stereocenters. The van der Waals surface area contributed by atoms with Crippen LogP contribution in [-0.4, -0.2) is 23.9 Å². The zero-order chi connectivity index (χ0) is 19.2. The van der Waals surface area contributed by atoms with Crippen LogP contribution < -0.4 is 0 Å². The molecule has 148 valence electrons. The van der Waals surface area contributed by atoms with Crippen LogP contribution in [0.2, 0.25) is 0 Å². The van der Waals surface area contributed by atoms with Crippen molar-refractivity contribution in [1.82, 2.24) is 0 Å². The van der Waals surface area contributed by atoms with E-state index in [4.69, 9.17) is 0 Å². The summed E-state index contributed by atoms with van der Waals surface area (Å²) in [6, 6.07) is 0. The van der Waals surface area contributed by atoms with Crippen molar-refractivity contribution in [3.05, 3.63) is 22.8 Å². The molecule has 2 saturated heterocycles. The van der Waals surface area contributed by atoms with E-state index in [2.05, 4.69) is 15.5 Å². The Hall–Kier alpha value is -2.24. The molecule has 0 bridgehead atoms. The summed E-state index contributed by atoms with van der Waals surface area (Å²) < 4.78 is 9.22. The summed E-state index contributed by atoms with van der Waals surface area (Å²) in [5, 5.41) is 0. The molecule has 2 aliphatic heterocycles. The van der Waals surface area contributed by atoms with Gasteiger partial charge in [0, 0.05) is 0 Å². The molecular formula is C21H28O6. The van der Waals surface area contributed by atoms with E-state index >= 15 is 0 Å². The van der Waals surface area contributed by atoms with Gasteiger partial charge in [-0.2, -0.15) is 0 Å². The fraction of sp³-hybridized carbons (Fsp3) is 0.619. The Morgan fingerprint density at radius 2 is 1.19 bits per heavy atom. The average Bonchev–Trinajstić information content (AvgIpc) is 2.98. The first-order chi connectivity index (χ1) is 12.2. The van der Waals surface area contributed by atoms with Crippen molar-refractivity contribution in [3.63, 3.8) is 0 Å². The van der Waals surface area contributed by atoms with Crippen LogP contribution >= 0.6 is 0 Å². The Morgan fingerprint density at radius 3 is 1.70 bits per heavy atom. The topological polar surface area (TPSA) is 86.7 Å². The third-order valence-electron chi connectivity index (χ3n) is 5.94. The van der Waals surface area contributed by atoms with Gasteiger partial charge in [0.25, 0.3) is 0 Å². The lowest BCUT2D eigenvalue weighted by Crippen LogP contribution is -2.27. The first-order valence-electron chi connectivity index (χ1n) is 9.02. The van der Waals surface area contributed by atoms with Gasteiger partial charge in [-0.1, -0.05) is 37.1 Å². The van der Waals surface area contributed by atoms with Gasteiger partial charge >= 0.3 is 23.9 Å². The molecular weight excluding hydrogens is 348 g/mol. The normalized spacial score (nSPS) is 34.5. The minimum absolute atomic E-state index is 0. The Morgan fingerprint density at radius 1 is 0.741 bits per heavy atom. The van der Waals surface area contributed by atoms with Gasteiger partial charge in [0.05, 0.1) is 23.7 Å². The molecule has 4 aliphatic rings. The summed E-state index contributed by atoms with van der Waals surface area (Å²) >= 11 is 0. The summed E-state index contributed by atoms with van der Waals surface area (Å²) in [4.78, 5) is 44.9. The summed E-state index contributed by atoms with van der Waals surface area (Å²) in [5.74, 6) is -2.04. The van der Waals surface area contributed by atoms with E-state index in [1.807, 2.05) is 27.7 Å². The van der Waals surface area contributed by atoms with Gasteiger partial charge in [-0.05, 0) is 46.0 Å². The SMILES string of the molecule is C.CC1=C(C)CC2C(=O)OC(=O)C2C1.CC1=CC(C)C2C(=O)OC(=O)C2C1. The van der Waals surface area contributed by atoms with Gasteiger partial charge in [0.15, 0.2) is 0 Å². The van der Waals surface area contributed by atoms with Gasteiger partial charge in [-0.3, -0.25) is 19.2 Å². The molecule has 0 saturated carbocycles. The average molecular weight is 376 g/mol. The molecule has 2 aliphatic carbocycles. The van der Waals surface area contributed by atoms with Gasteiger partial charge < -0.3 is 9.47 Å². The maximum absolute atomic E-state index is 11.3. The van der Waals surface area contributed by atoms with Crippen LogP contribution in [0.15, 0.2) is 22.8 Å². The summed E-state index contributed by atoms with van der Waals surface area (Å²) in [6.07, 6.45) is 4.13. The predicted molar refractivity (Wildman–Crippen MR) is 98.0 cm³/mol. The summed E-state index contributed by atoms with van der Waals surface area (Å²) in [6.45, 7) is 7.98. The van der Waals surface area contributed by atoms with Crippen molar-refractivity contribution in [2.45, 2.75) is 54.4 Å². The van der Waals surface area contributed by atoms with E-state index in [-0.39, 0.29) is 60.9 Å². The van der Waals surface area contributed by atoms with Crippen LogP contribution in [0.4, 0.5) is 0 Å². The quantitative estimate of drug-likeness (QED) is 0.366. The highest BCUT2D eigenvalue weighted by Gasteiger charge is 2.48. The second-order valence-electron chi connectivity index (χ2n) is 7.87. The van der Waals surface area contributed by atoms with E-state index in [1.165, 1.54) is 16.7 Å². The minimum atomic E-state index is -0.341. The number of carbonyl (C=O) groups excluding carboxylic acids is 4. The minimum Gasteiger partial charge on any atom is -0.393 e. The molecule has 0 aromatic carbocycles. The molecule has 0 N–H and O–H groups in total. The van der Waals surface area contributed by atoms with Crippen LogP contribution in [-0.2, 0) is 28.7 Å². The van der Waals surface area contributed by atoms with Crippen LogP contribution in [0.25, 0.3) is 0 Å². The molecule has 27 heavy (non-hydrogen) atoms. The molecule has 6 nitrogen and oxygen atoms in total. The second kappa shape index (κ2) is 7.79. The monoisotopic (exact) mass is 376 g/mol. The maximum Gasteiger partial charge on any atom is 0.318 e. The molecule has 0 aromatic heterocycles. The Labute approximate surface area is 160 Å². The van der Waals surface area contributed by atoms with Gasteiger partial charge in [-0.25, -0.2) is 0 Å². The lowest BCUT2D eigenvalue weighted by atomic mass is 9.76. The van der Waals surface area contributed by atoms with Crippen LogP contribution in [0, 0.1) is 29.6 Å². The zero-order valence-corrected chi connectivity index (χ0v) is 15.5. The summed E-state index contributed by atoms with van der Waals surface area (Å²) in [7, 11) is 0. The molecule has 0 spiro atoms. The highest BCUT2D eigenvalue weighted by atomic mass is 16.6. The molecule has 5 atom stereocenters. The van der Waals surface area contributed by atoms with Crippen molar-refractivity contribution < 1.29 is 28.7 Å². The number of carbonyl (C=O) groups is 4. The van der Waals surface area contributed by atoms with E-state index in [0.717, 1.165) is 0 Å². The standard InChI is InChI=1S/2C10H12O3.CH4/c1-5-3-7-8(4-6(5)2)10(12)13-9(7)11;1-5-3-6(2)8-7(4-5)9(11)13-10(8)12;/h7-8H,3-4H2,1-2H3;3,6-8H,4H2,1-2H3;1H4. The van der Waals surface area contributed by atoms with Crippen LogP contribution in [0.1, 0.15) is 54.4 Å². The maximum atomic E-state index is 11.3. The number of hydrogen-bond donors (Lipinski definition) is 0. The molecule has 4 rings (SSSR count). The number of allylic oxidation sites excluding steroid dienone is 4. The number of cyclic esters (lactones) is 4. The Balaban J connectivity index is 0.000000187. The molecule has 2 fully saturated rings. The number of rotatable bonds is 0. The van der Waals surface area contributed by atoms with Crippen molar-refractivity contribution in [3.8, 4) is 0 Å². The number of esters is 4. The Bertz CT molecular complexity index is 714. The van der Waals surface area contributed by atoms with Crippen molar-refractivity contribution in [1.29, 1.82) is 0 Å².